The van der Waals surface area contributed by atoms with Crippen LogP contribution in [0, 0.1) is 0 Å². The van der Waals surface area contributed by atoms with Crippen molar-refractivity contribution >= 4 is 54.6 Å². The van der Waals surface area contributed by atoms with Crippen LogP contribution in [0.2, 0.25) is 0 Å². The van der Waals surface area contributed by atoms with E-state index < -0.39 is 0 Å². The summed E-state index contributed by atoms with van der Waals surface area (Å²) in [4.78, 5) is 15.3. The molecule has 224 valence electrons. The van der Waals surface area contributed by atoms with Gasteiger partial charge in [0.05, 0.1) is 0 Å². The van der Waals surface area contributed by atoms with Gasteiger partial charge in [-0.25, -0.2) is 15.0 Å². The van der Waals surface area contributed by atoms with Crippen LogP contribution in [0.4, 0.5) is 0 Å². The molecule has 0 aliphatic rings. The first-order valence-corrected chi connectivity index (χ1v) is 15.9. The number of benzene rings is 7. The second kappa shape index (κ2) is 10.5. The van der Waals surface area contributed by atoms with Crippen LogP contribution >= 0.6 is 0 Å². The van der Waals surface area contributed by atoms with Gasteiger partial charge < -0.3 is 8.83 Å². The van der Waals surface area contributed by atoms with E-state index in [9.17, 15) is 0 Å². The highest BCUT2D eigenvalue weighted by molar-refractivity contribution is 6.12. The molecule has 10 rings (SSSR count). The number of para-hydroxylation sites is 1. The monoisotopic (exact) mass is 615 g/mol. The van der Waals surface area contributed by atoms with E-state index in [2.05, 4.69) is 97.1 Å². The van der Waals surface area contributed by atoms with Gasteiger partial charge in [0.25, 0.3) is 0 Å². The summed E-state index contributed by atoms with van der Waals surface area (Å²) in [5.74, 6) is 1.75. The van der Waals surface area contributed by atoms with Crippen molar-refractivity contribution in [2.24, 2.45) is 0 Å². The molecule has 3 aromatic heterocycles. The van der Waals surface area contributed by atoms with Gasteiger partial charge in [0.2, 0.25) is 0 Å². The molecule has 0 spiro atoms. The van der Waals surface area contributed by atoms with E-state index in [0.29, 0.717) is 17.5 Å². The molecule has 0 atom stereocenters. The van der Waals surface area contributed by atoms with Crippen molar-refractivity contribution in [3.8, 4) is 45.3 Å². The van der Waals surface area contributed by atoms with Crippen molar-refractivity contribution in [2.45, 2.75) is 0 Å². The molecule has 0 amide bonds. The Morgan fingerprint density at radius 3 is 1.77 bits per heavy atom. The number of rotatable bonds is 4. The molecular formula is C43H25N3O2. The third kappa shape index (κ3) is 4.29. The summed E-state index contributed by atoms with van der Waals surface area (Å²) in [5.41, 5.74) is 8.17. The van der Waals surface area contributed by atoms with E-state index in [-0.39, 0.29) is 0 Å². The average Bonchev–Trinajstić information content (AvgIpc) is 3.72. The molecule has 7 aromatic carbocycles. The summed E-state index contributed by atoms with van der Waals surface area (Å²) in [6.45, 7) is 0. The fraction of sp³-hybridized carbons (Fsp3) is 0. The van der Waals surface area contributed by atoms with Gasteiger partial charge in [-0.2, -0.15) is 0 Å². The Kier molecular flexibility index (Phi) is 5.81. The van der Waals surface area contributed by atoms with Crippen molar-refractivity contribution < 1.29 is 8.83 Å². The lowest BCUT2D eigenvalue weighted by Gasteiger charge is -2.10. The smallest absolute Gasteiger partial charge is 0.164 e. The number of nitrogens with zero attached hydrogens (tertiary/aromatic N) is 3. The first-order valence-electron chi connectivity index (χ1n) is 15.9. The first kappa shape index (κ1) is 26.6. The maximum absolute atomic E-state index is 6.47. The zero-order valence-electron chi connectivity index (χ0n) is 25.6. The fourth-order valence-corrected chi connectivity index (χ4v) is 6.77. The minimum absolute atomic E-state index is 0.570. The molecule has 0 unspecified atom stereocenters. The highest BCUT2D eigenvalue weighted by atomic mass is 16.3. The largest absolute Gasteiger partial charge is 0.456 e. The molecule has 3 heterocycles. The lowest BCUT2D eigenvalue weighted by molar-refractivity contribution is 0.668. The Balaban J connectivity index is 1.17. The van der Waals surface area contributed by atoms with E-state index in [1.807, 2.05) is 54.6 Å². The van der Waals surface area contributed by atoms with Crippen LogP contribution in [0.15, 0.2) is 160 Å². The number of furan rings is 2. The summed E-state index contributed by atoms with van der Waals surface area (Å²) < 4.78 is 12.7. The average molecular weight is 616 g/mol. The summed E-state index contributed by atoms with van der Waals surface area (Å²) in [6, 6.07) is 51.7. The van der Waals surface area contributed by atoms with Gasteiger partial charge in [-0.05, 0) is 64.4 Å². The van der Waals surface area contributed by atoms with Crippen molar-refractivity contribution in [1.82, 2.24) is 15.0 Å². The molecule has 0 bridgehead atoms. The van der Waals surface area contributed by atoms with Crippen LogP contribution in [-0.2, 0) is 0 Å². The van der Waals surface area contributed by atoms with Gasteiger partial charge in [0.15, 0.2) is 17.5 Å². The molecule has 0 saturated carbocycles. The van der Waals surface area contributed by atoms with Gasteiger partial charge in [-0.15, -0.1) is 0 Å². The van der Waals surface area contributed by atoms with E-state index in [4.69, 9.17) is 23.8 Å². The molecule has 0 saturated heterocycles. The van der Waals surface area contributed by atoms with Crippen LogP contribution in [-0.4, -0.2) is 15.0 Å². The number of hydrogen-bond donors (Lipinski definition) is 0. The SMILES string of the molecule is c1ccc(-c2ccc3c(c2)oc2cc(-c4nc(-c5ccc6ccccc6c5)nc(-c5cccc6oc7ccccc7c56)n4)ccc23)cc1. The zero-order chi connectivity index (χ0) is 31.6. The molecule has 0 radical (unpaired) electrons. The normalized spacial score (nSPS) is 11.8. The number of fused-ring (bicyclic) bond motifs is 7. The van der Waals surface area contributed by atoms with Crippen LogP contribution < -0.4 is 0 Å². The summed E-state index contributed by atoms with van der Waals surface area (Å²) in [5, 5.41) is 6.42. The molecule has 0 N–H and O–H groups in total. The zero-order valence-corrected chi connectivity index (χ0v) is 25.6. The van der Waals surface area contributed by atoms with Crippen molar-refractivity contribution in [2.75, 3.05) is 0 Å². The molecule has 48 heavy (non-hydrogen) atoms. The molecule has 0 aliphatic heterocycles. The lowest BCUT2D eigenvalue weighted by atomic mass is 10.0. The maximum Gasteiger partial charge on any atom is 0.164 e. The minimum atomic E-state index is 0.570. The molecule has 0 fully saturated rings. The molecule has 10 aromatic rings. The van der Waals surface area contributed by atoms with Crippen LogP contribution in [0.3, 0.4) is 0 Å². The molecule has 5 heteroatoms. The maximum atomic E-state index is 6.47. The standard InChI is InChI=1S/C43H25N3O2/c1-2-9-26(10-3-1)29-19-21-32-33-22-20-31(25-39(33)48-38(32)24-29)42-44-41(30-18-17-27-11-4-5-12-28(27)23-30)45-43(46-42)35-14-8-16-37-40(35)34-13-6-7-15-36(34)47-37/h1-25H. The topological polar surface area (TPSA) is 65.0 Å². The Hall–Kier alpha value is -6.59. The molecule has 0 aliphatic carbocycles. The van der Waals surface area contributed by atoms with E-state index in [1.165, 1.54) is 0 Å². The highest BCUT2D eigenvalue weighted by Crippen LogP contribution is 2.38. The Morgan fingerprint density at radius 1 is 0.333 bits per heavy atom. The fourth-order valence-electron chi connectivity index (χ4n) is 6.77. The summed E-state index contributed by atoms with van der Waals surface area (Å²) in [7, 11) is 0. The van der Waals surface area contributed by atoms with E-state index in [0.717, 1.165) is 82.5 Å². The Bertz CT molecular complexity index is 2850. The van der Waals surface area contributed by atoms with E-state index >= 15 is 0 Å². The van der Waals surface area contributed by atoms with Gasteiger partial charge in [-0.1, -0.05) is 109 Å². The van der Waals surface area contributed by atoms with Gasteiger partial charge in [0, 0.05) is 38.2 Å². The summed E-state index contributed by atoms with van der Waals surface area (Å²) >= 11 is 0. The van der Waals surface area contributed by atoms with Gasteiger partial charge >= 0.3 is 0 Å². The summed E-state index contributed by atoms with van der Waals surface area (Å²) in [6.07, 6.45) is 0. The van der Waals surface area contributed by atoms with E-state index in [1.54, 1.807) is 0 Å². The third-order valence-corrected chi connectivity index (χ3v) is 9.13. The quantitative estimate of drug-likeness (QED) is 0.197. The highest BCUT2D eigenvalue weighted by Gasteiger charge is 2.19. The van der Waals surface area contributed by atoms with Crippen LogP contribution in [0.1, 0.15) is 0 Å². The number of hydrogen-bond acceptors (Lipinski definition) is 5. The predicted molar refractivity (Wildman–Crippen MR) is 194 cm³/mol. The first-order chi connectivity index (χ1) is 23.7. The minimum Gasteiger partial charge on any atom is -0.456 e. The second-order valence-corrected chi connectivity index (χ2v) is 12.0. The van der Waals surface area contributed by atoms with Crippen LogP contribution in [0.5, 0.6) is 0 Å². The van der Waals surface area contributed by atoms with Crippen molar-refractivity contribution in [3.05, 3.63) is 152 Å². The van der Waals surface area contributed by atoms with Crippen molar-refractivity contribution in [1.29, 1.82) is 0 Å². The lowest BCUT2D eigenvalue weighted by Crippen LogP contribution is -2.00. The van der Waals surface area contributed by atoms with Gasteiger partial charge in [-0.3, -0.25) is 0 Å². The number of aromatic nitrogens is 3. The van der Waals surface area contributed by atoms with Crippen molar-refractivity contribution in [3.63, 3.8) is 0 Å². The van der Waals surface area contributed by atoms with Gasteiger partial charge in [0.1, 0.15) is 22.3 Å². The molecule has 5 nitrogen and oxygen atoms in total. The third-order valence-electron chi connectivity index (χ3n) is 9.13. The van der Waals surface area contributed by atoms with Crippen LogP contribution in [0.25, 0.3) is 99.9 Å². The second-order valence-electron chi connectivity index (χ2n) is 12.0. The Labute approximate surface area is 274 Å². The molecular weight excluding hydrogens is 590 g/mol. The predicted octanol–water partition coefficient (Wildman–Crippen LogP) is 11.5. The Morgan fingerprint density at radius 2 is 0.938 bits per heavy atom.